The SMILES string of the molecule is OB(O)c1c(F)ncc2c1cc[n]2[Tl]=[P+]=S. The van der Waals surface area contributed by atoms with Crippen molar-refractivity contribution in [2.45, 2.75) is 0 Å². The van der Waals surface area contributed by atoms with E-state index < -0.39 is 36.5 Å². The average Bonchev–Trinajstić information content (AvgIpc) is 2.61. The minimum atomic E-state index is -1.84. The molecule has 0 aliphatic heterocycles. The van der Waals surface area contributed by atoms with E-state index >= 15 is 0 Å². The second-order valence-corrected chi connectivity index (χ2v) is 16.4. The molecule has 0 saturated heterocycles. The number of hydrogen-bond acceptors (Lipinski definition) is 4. The average molecular weight is 446 g/mol. The molecule has 2 aromatic heterocycles. The Morgan fingerprint density at radius 3 is 2.94 bits per heavy atom. The Morgan fingerprint density at radius 2 is 2.31 bits per heavy atom. The molecule has 0 radical (unpaired) electrons. The summed E-state index contributed by atoms with van der Waals surface area (Å²) in [5.41, 5.74) is 0.570. The molecule has 0 saturated carbocycles. The molecule has 4 nitrogen and oxygen atoms in total. The molecule has 0 aromatic carbocycles. The third-order valence-corrected chi connectivity index (χ3v) is 10.8. The Morgan fingerprint density at radius 1 is 1.56 bits per heavy atom. The molecule has 2 rings (SSSR count). The van der Waals surface area contributed by atoms with Crippen molar-refractivity contribution >= 4 is 62.7 Å². The summed E-state index contributed by atoms with van der Waals surface area (Å²) in [5.74, 6) is -0.842. The molecule has 2 heterocycles. The molecule has 78 valence electrons. The zero-order valence-electron chi connectivity index (χ0n) is 7.91. The van der Waals surface area contributed by atoms with Gasteiger partial charge >= 0.3 is 109 Å². The fourth-order valence-corrected chi connectivity index (χ4v) is 9.16. The van der Waals surface area contributed by atoms with Crippen LogP contribution >= 0.6 is 4.00 Å². The Hall–Kier alpha value is 0.177. The molecule has 0 aliphatic rings. The van der Waals surface area contributed by atoms with E-state index in [-0.39, 0.29) is 5.46 Å². The van der Waals surface area contributed by atoms with Crippen LogP contribution in [0.4, 0.5) is 4.39 Å². The van der Waals surface area contributed by atoms with E-state index in [0.717, 1.165) is 9.52 Å². The first-order valence-corrected chi connectivity index (χ1v) is 14.3. The van der Waals surface area contributed by atoms with Gasteiger partial charge in [-0.1, -0.05) is 0 Å². The van der Waals surface area contributed by atoms with Crippen LogP contribution in [0.25, 0.3) is 10.9 Å². The predicted octanol–water partition coefficient (Wildman–Crippen LogP) is -0.354. The van der Waals surface area contributed by atoms with Gasteiger partial charge in [0, 0.05) is 0 Å². The van der Waals surface area contributed by atoms with E-state index in [2.05, 4.69) is 4.98 Å². The van der Waals surface area contributed by atoms with Gasteiger partial charge < -0.3 is 0 Å². The molecule has 0 bridgehead atoms. The van der Waals surface area contributed by atoms with E-state index in [9.17, 15) is 4.39 Å². The van der Waals surface area contributed by atoms with E-state index in [1.807, 2.05) is 8.57 Å². The fraction of sp³-hybridized carbons (Fsp3) is 0. The Kier molecular flexibility index (Phi) is 4.12. The molecule has 2 aromatic rings. The number of hydrogen-bond donors (Lipinski definition) is 2. The predicted molar refractivity (Wildman–Crippen MR) is 65.0 cm³/mol. The molecule has 16 heavy (non-hydrogen) atoms. The molecule has 0 atom stereocenters. The Bertz CT molecular complexity index is 601. The summed E-state index contributed by atoms with van der Waals surface area (Å²) in [6, 6.07) is 1.67. The third-order valence-electron chi connectivity index (χ3n) is 2.20. The van der Waals surface area contributed by atoms with Gasteiger partial charge in [0.1, 0.15) is 0 Å². The normalized spacial score (nSPS) is 10.2. The summed E-state index contributed by atoms with van der Waals surface area (Å²) in [7, 11) is -1.84. The summed E-state index contributed by atoms with van der Waals surface area (Å²) < 4.78 is 16.3. The summed E-state index contributed by atoms with van der Waals surface area (Å²) in [4.78, 5) is 3.53. The van der Waals surface area contributed by atoms with Crippen molar-refractivity contribution in [2.75, 3.05) is 0 Å². The molecule has 0 fully saturated rings. The molecule has 0 aliphatic carbocycles. The molecular formula is C7H5BFN2O2PSTl+. The fourth-order valence-electron chi connectivity index (χ4n) is 1.52. The second kappa shape index (κ2) is 5.22. The first-order chi connectivity index (χ1) is 7.65. The zero-order chi connectivity index (χ0) is 11.7. The van der Waals surface area contributed by atoms with Crippen LogP contribution in [0.15, 0.2) is 18.5 Å². The second-order valence-electron chi connectivity index (χ2n) is 3.08. The van der Waals surface area contributed by atoms with Gasteiger partial charge in [-0.3, -0.25) is 0 Å². The number of fused-ring (bicyclic) bond motifs is 1. The standard InChI is InChI=1S/C7H5BFN2O2.PS.Tl/c9-7-6(8(12)13)4-1-2-10-5(4)3-11-7;1-2;/h1-3,12-13H;;/q2*-1;+3. The Balaban J connectivity index is 2.80. The van der Waals surface area contributed by atoms with Gasteiger partial charge in [-0.25, -0.2) is 0 Å². The van der Waals surface area contributed by atoms with Crippen molar-refractivity contribution in [3.05, 3.63) is 24.4 Å². The third kappa shape index (κ3) is 2.24. The van der Waals surface area contributed by atoms with Crippen molar-refractivity contribution in [2.24, 2.45) is 0 Å². The van der Waals surface area contributed by atoms with Gasteiger partial charge in [-0.2, -0.15) is 0 Å². The van der Waals surface area contributed by atoms with Crippen LogP contribution in [0.2, 0.25) is 0 Å². The number of aromatic nitrogens is 2. The number of halogens is 1. The van der Waals surface area contributed by atoms with Gasteiger partial charge in [-0.05, 0) is 0 Å². The Labute approximate surface area is 108 Å². The van der Waals surface area contributed by atoms with Crippen LogP contribution in [0.5, 0.6) is 0 Å². The monoisotopic (exact) mass is 447 g/mol. The van der Waals surface area contributed by atoms with E-state index in [0.29, 0.717) is 5.39 Å². The molecule has 0 unspecified atom stereocenters. The minimum absolute atomic E-state index is 0.164. The maximum atomic E-state index is 13.3. The van der Waals surface area contributed by atoms with Crippen LogP contribution in [-0.4, -0.2) is 47.9 Å². The van der Waals surface area contributed by atoms with E-state index in [1.165, 1.54) is 6.20 Å². The molecule has 9 heteroatoms. The van der Waals surface area contributed by atoms with Crippen LogP contribution in [0.3, 0.4) is 0 Å². The van der Waals surface area contributed by atoms with Crippen molar-refractivity contribution in [1.29, 1.82) is 0 Å². The summed E-state index contributed by atoms with van der Waals surface area (Å²) in [5, 5.41) is 18.7. The molecule has 0 amide bonds. The number of nitrogens with zero attached hydrogens (tertiary/aromatic N) is 2. The quantitative estimate of drug-likeness (QED) is 0.376. The van der Waals surface area contributed by atoms with E-state index in [4.69, 9.17) is 21.9 Å². The van der Waals surface area contributed by atoms with Gasteiger partial charge in [0.15, 0.2) is 0 Å². The zero-order valence-corrected chi connectivity index (χ0v) is 14.1. The van der Waals surface area contributed by atoms with E-state index in [1.54, 1.807) is 6.07 Å². The summed E-state index contributed by atoms with van der Waals surface area (Å²) in [6.07, 6.45) is 3.22. The molecule has 2 N–H and O–H groups in total. The summed E-state index contributed by atoms with van der Waals surface area (Å²) in [6.45, 7) is 0. The number of pyridine rings is 1. The van der Waals surface area contributed by atoms with Crippen LogP contribution in [0, 0.1) is 5.95 Å². The van der Waals surface area contributed by atoms with Gasteiger partial charge in [0.05, 0.1) is 0 Å². The van der Waals surface area contributed by atoms with Crippen LogP contribution in [0.1, 0.15) is 0 Å². The van der Waals surface area contributed by atoms with Crippen molar-refractivity contribution in [3.8, 4) is 0 Å². The van der Waals surface area contributed by atoms with Crippen LogP contribution < -0.4 is 5.46 Å². The van der Waals surface area contributed by atoms with Crippen molar-refractivity contribution in [1.82, 2.24) is 7.36 Å². The van der Waals surface area contributed by atoms with Gasteiger partial charge in [0.25, 0.3) is 0 Å². The summed E-state index contributed by atoms with van der Waals surface area (Å²) >= 11 is 3.65. The first kappa shape index (κ1) is 12.6. The first-order valence-electron chi connectivity index (χ1n) is 4.32. The van der Waals surface area contributed by atoms with Crippen LogP contribution in [-0.2, 0) is 11.8 Å². The van der Waals surface area contributed by atoms with Gasteiger partial charge in [-0.15, -0.1) is 0 Å². The maximum absolute atomic E-state index is 13.3. The van der Waals surface area contributed by atoms with Gasteiger partial charge in [0.2, 0.25) is 0 Å². The number of rotatable bonds is 2. The topological polar surface area (TPSA) is 58.3 Å². The van der Waals surface area contributed by atoms with Crippen molar-refractivity contribution < 1.29 is 14.4 Å². The molecule has 0 spiro atoms. The van der Waals surface area contributed by atoms with Crippen molar-refractivity contribution in [3.63, 3.8) is 0 Å². The molecular weight excluding hydrogens is 441 g/mol.